The predicted molar refractivity (Wildman–Crippen MR) is 92.1 cm³/mol. The van der Waals surface area contributed by atoms with Crippen LogP contribution in [0.2, 0.25) is 0 Å². The minimum atomic E-state index is -3.07. The molecule has 1 aromatic rings. The van der Waals surface area contributed by atoms with Gasteiger partial charge in [-0.05, 0) is 37.5 Å². The summed E-state index contributed by atoms with van der Waals surface area (Å²) in [6, 6.07) is 6.95. The third kappa shape index (κ3) is 6.04. The number of hydrogen-bond donors (Lipinski definition) is 1. The Morgan fingerprint density at radius 2 is 1.96 bits per heavy atom. The van der Waals surface area contributed by atoms with Gasteiger partial charge >= 0.3 is 5.97 Å². The van der Waals surface area contributed by atoms with Crippen LogP contribution in [0, 0.1) is 0 Å². The number of hydrogen-bond acceptors (Lipinski definition) is 6. The first-order valence-corrected chi connectivity index (χ1v) is 9.94. The standard InChI is InChI=1S/C17H23NO6S/c1-12(17(20)18-14-9-10-25(21,22)11-14)24-16(19)8-5-13-3-6-15(23-2)7-4-13/h3-4,6-7,12,14H,5,8-11H2,1-2H3,(H,18,20)/t12-,14+/m1/s1. The molecule has 0 bridgehead atoms. The van der Waals surface area contributed by atoms with Crippen molar-refractivity contribution in [2.75, 3.05) is 18.6 Å². The molecule has 1 heterocycles. The average Bonchev–Trinajstić information content (AvgIpc) is 2.91. The quantitative estimate of drug-likeness (QED) is 0.716. The molecule has 1 fully saturated rings. The molecule has 0 aromatic heterocycles. The molecule has 7 nitrogen and oxygen atoms in total. The minimum Gasteiger partial charge on any atom is -0.497 e. The summed E-state index contributed by atoms with van der Waals surface area (Å²) in [5, 5.41) is 2.62. The van der Waals surface area contributed by atoms with Crippen LogP contribution in [-0.4, -0.2) is 51.1 Å². The normalized spacial score (nSPS) is 19.8. The third-order valence-corrected chi connectivity index (χ3v) is 5.80. The minimum absolute atomic E-state index is 0.0587. The van der Waals surface area contributed by atoms with Gasteiger partial charge in [-0.25, -0.2) is 8.42 Å². The zero-order valence-electron chi connectivity index (χ0n) is 14.4. The van der Waals surface area contributed by atoms with E-state index in [1.807, 2.05) is 24.3 Å². The number of carbonyl (C=O) groups is 2. The maximum Gasteiger partial charge on any atom is 0.306 e. The second-order valence-corrected chi connectivity index (χ2v) is 8.32. The van der Waals surface area contributed by atoms with Crippen LogP contribution in [0.15, 0.2) is 24.3 Å². The van der Waals surface area contributed by atoms with E-state index in [4.69, 9.17) is 9.47 Å². The monoisotopic (exact) mass is 369 g/mol. The van der Waals surface area contributed by atoms with Gasteiger partial charge in [0, 0.05) is 12.5 Å². The van der Waals surface area contributed by atoms with Gasteiger partial charge in [0.05, 0.1) is 18.6 Å². The summed E-state index contributed by atoms with van der Waals surface area (Å²) in [6.45, 7) is 1.48. The number of amides is 1. The molecule has 8 heteroatoms. The Kier molecular flexibility index (Phi) is 6.41. The molecule has 1 N–H and O–H groups in total. The van der Waals surface area contributed by atoms with Crippen molar-refractivity contribution in [2.45, 2.75) is 38.3 Å². The van der Waals surface area contributed by atoms with E-state index in [1.165, 1.54) is 6.92 Å². The first kappa shape index (κ1) is 19.2. The summed E-state index contributed by atoms with van der Waals surface area (Å²) < 4.78 is 33.0. The van der Waals surface area contributed by atoms with Crippen molar-refractivity contribution in [1.82, 2.24) is 5.32 Å². The highest BCUT2D eigenvalue weighted by molar-refractivity contribution is 7.91. The van der Waals surface area contributed by atoms with Gasteiger partial charge in [-0.15, -0.1) is 0 Å². The van der Waals surface area contributed by atoms with E-state index in [2.05, 4.69) is 5.32 Å². The second-order valence-electron chi connectivity index (χ2n) is 6.09. The molecular formula is C17H23NO6S. The summed E-state index contributed by atoms with van der Waals surface area (Å²) in [6.07, 6.45) is 0.0955. The number of nitrogens with one attached hydrogen (secondary N) is 1. The summed E-state index contributed by atoms with van der Waals surface area (Å²) in [4.78, 5) is 23.9. The van der Waals surface area contributed by atoms with E-state index >= 15 is 0 Å². The summed E-state index contributed by atoms with van der Waals surface area (Å²) in [7, 11) is -1.48. The van der Waals surface area contributed by atoms with E-state index in [9.17, 15) is 18.0 Å². The van der Waals surface area contributed by atoms with Crippen LogP contribution in [0.5, 0.6) is 5.75 Å². The molecule has 1 aliphatic rings. The van der Waals surface area contributed by atoms with Gasteiger partial charge in [-0.2, -0.15) is 0 Å². The summed E-state index contributed by atoms with van der Waals surface area (Å²) in [5.74, 6) is -0.187. The molecule has 1 aliphatic heterocycles. The van der Waals surface area contributed by atoms with Crippen LogP contribution < -0.4 is 10.1 Å². The fraction of sp³-hybridized carbons (Fsp3) is 0.529. The van der Waals surface area contributed by atoms with Crippen molar-refractivity contribution in [2.24, 2.45) is 0 Å². The van der Waals surface area contributed by atoms with Crippen molar-refractivity contribution in [3.63, 3.8) is 0 Å². The fourth-order valence-electron chi connectivity index (χ4n) is 2.58. The highest BCUT2D eigenvalue weighted by Crippen LogP contribution is 2.14. The van der Waals surface area contributed by atoms with Crippen LogP contribution in [-0.2, 0) is 30.6 Å². The van der Waals surface area contributed by atoms with Crippen molar-refractivity contribution >= 4 is 21.7 Å². The van der Waals surface area contributed by atoms with Crippen LogP contribution in [0.1, 0.15) is 25.3 Å². The van der Waals surface area contributed by atoms with Gasteiger partial charge in [0.2, 0.25) is 0 Å². The van der Waals surface area contributed by atoms with Crippen LogP contribution in [0.4, 0.5) is 0 Å². The third-order valence-electron chi connectivity index (χ3n) is 4.03. The number of esters is 1. The Bertz CT molecular complexity index is 713. The molecule has 138 valence electrons. The second kappa shape index (κ2) is 8.33. The summed E-state index contributed by atoms with van der Waals surface area (Å²) >= 11 is 0. The molecule has 0 spiro atoms. The van der Waals surface area contributed by atoms with Crippen molar-refractivity contribution in [3.05, 3.63) is 29.8 Å². The lowest BCUT2D eigenvalue weighted by molar-refractivity contribution is -0.155. The summed E-state index contributed by atoms with van der Waals surface area (Å²) in [5.41, 5.74) is 0.964. The molecule has 0 radical (unpaired) electrons. The topological polar surface area (TPSA) is 98.8 Å². The number of benzene rings is 1. The number of sulfone groups is 1. The Hall–Kier alpha value is -2.09. The molecular weight excluding hydrogens is 346 g/mol. The molecule has 25 heavy (non-hydrogen) atoms. The Morgan fingerprint density at radius 1 is 1.28 bits per heavy atom. The van der Waals surface area contributed by atoms with Crippen molar-refractivity contribution < 1.29 is 27.5 Å². The molecule has 0 unspecified atom stereocenters. The van der Waals surface area contributed by atoms with Gasteiger partial charge in [0.25, 0.3) is 5.91 Å². The molecule has 1 aromatic carbocycles. The van der Waals surface area contributed by atoms with E-state index in [-0.39, 0.29) is 17.9 Å². The fourth-order valence-corrected chi connectivity index (χ4v) is 4.25. The Morgan fingerprint density at radius 3 is 2.52 bits per heavy atom. The van der Waals surface area contributed by atoms with Gasteiger partial charge in [0.15, 0.2) is 15.9 Å². The van der Waals surface area contributed by atoms with Crippen LogP contribution in [0.3, 0.4) is 0 Å². The highest BCUT2D eigenvalue weighted by Gasteiger charge is 2.30. The maximum atomic E-state index is 12.0. The zero-order chi connectivity index (χ0) is 18.4. The predicted octanol–water partition coefficient (Wildman–Crippen LogP) is 0.863. The molecule has 2 atom stereocenters. The van der Waals surface area contributed by atoms with Crippen molar-refractivity contribution in [3.8, 4) is 5.75 Å². The lowest BCUT2D eigenvalue weighted by Crippen LogP contribution is -2.42. The number of aryl methyl sites for hydroxylation is 1. The SMILES string of the molecule is COc1ccc(CCC(=O)O[C@H](C)C(=O)N[C@H]2CCS(=O)(=O)C2)cc1. The van der Waals surface area contributed by atoms with Crippen LogP contribution in [0.25, 0.3) is 0 Å². The molecule has 0 saturated carbocycles. The van der Waals surface area contributed by atoms with E-state index < -0.39 is 33.9 Å². The van der Waals surface area contributed by atoms with Gasteiger partial charge in [-0.3, -0.25) is 9.59 Å². The smallest absolute Gasteiger partial charge is 0.306 e. The number of carbonyl (C=O) groups excluding carboxylic acids is 2. The first-order valence-electron chi connectivity index (χ1n) is 8.12. The molecule has 1 amide bonds. The maximum absolute atomic E-state index is 12.0. The molecule has 2 rings (SSSR count). The number of rotatable bonds is 7. The highest BCUT2D eigenvalue weighted by atomic mass is 32.2. The number of methoxy groups -OCH3 is 1. The average molecular weight is 369 g/mol. The van der Waals surface area contributed by atoms with E-state index in [0.717, 1.165) is 11.3 Å². The number of ether oxygens (including phenoxy) is 2. The Balaban J connectivity index is 1.74. The van der Waals surface area contributed by atoms with Crippen LogP contribution >= 0.6 is 0 Å². The lowest BCUT2D eigenvalue weighted by Gasteiger charge is -2.16. The Labute approximate surface area is 147 Å². The van der Waals surface area contributed by atoms with E-state index in [1.54, 1.807) is 7.11 Å². The van der Waals surface area contributed by atoms with E-state index in [0.29, 0.717) is 12.8 Å². The lowest BCUT2D eigenvalue weighted by atomic mass is 10.1. The molecule has 1 saturated heterocycles. The van der Waals surface area contributed by atoms with Gasteiger partial charge < -0.3 is 14.8 Å². The van der Waals surface area contributed by atoms with Gasteiger partial charge in [-0.1, -0.05) is 12.1 Å². The largest absolute Gasteiger partial charge is 0.497 e. The first-order chi connectivity index (χ1) is 11.8. The molecule has 0 aliphatic carbocycles. The van der Waals surface area contributed by atoms with Crippen molar-refractivity contribution in [1.29, 1.82) is 0 Å². The zero-order valence-corrected chi connectivity index (χ0v) is 15.2. The van der Waals surface area contributed by atoms with Gasteiger partial charge in [0.1, 0.15) is 5.75 Å².